The molecule has 0 aliphatic heterocycles. The van der Waals surface area contributed by atoms with Gasteiger partial charge in [-0.05, 0) is 24.8 Å². The minimum absolute atomic E-state index is 0.185. The maximum absolute atomic E-state index is 9.54. The highest BCUT2D eigenvalue weighted by atomic mass is 32.2. The zero-order valence-corrected chi connectivity index (χ0v) is 13.7. The Morgan fingerprint density at radius 1 is 1.40 bits per heavy atom. The second-order valence-corrected chi connectivity index (χ2v) is 7.07. The SMILES string of the molecule is CCCNc1nc(CSC(C)C(C)O)nc2sccc12. The van der Waals surface area contributed by atoms with E-state index in [4.69, 9.17) is 0 Å². The molecule has 2 aromatic rings. The van der Waals surface area contributed by atoms with Crippen molar-refractivity contribution in [2.45, 2.75) is 44.3 Å². The van der Waals surface area contributed by atoms with Crippen LogP contribution in [0.5, 0.6) is 0 Å². The molecule has 2 N–H and O–H groups in total. The third-order valence-corrected chi connectivity index (χ3v) is 5.22. The molecule has 0 spiro atoms. The van der Waals surface area contributed by atoms with Crippen molar-refractivity contribution in [3.05, 3.63) is 17.3 Å². The fourth-order valence-electron chi connectivity index (χ4n) is 1.69. The van der Waals surface area contributed by atoms with E-state index in [0.717, 1.165) is 40.6 Å². The molecule has 6 heteroatoms. The molecule has 0 amide bonds. The maximum atomic E-state index is 9.54. The van der Waals surface area contributed by atoms with Crippen molar-refractivity contribution in [1.29, 1.82) is 0 Å². The summed E-state index contributed by atoms with van der Waals surface area (Å²) in [4.78, 5) is 10.3. The molecule has 0 fully saturated rings. The minimum atomic E-state index is -0.317. The highest BCUT2D eigenvalue weighted by Gasteiger charge is 2.12. The summed E-state index contributed by atoms with van der Waals surface area (Å²) in [6.07, 6.45) is 0.752. The van der Waals surface area contributed by atoms with Crippen LogP contribution in [0.1, 0.15) is 33.0 Å². The Balaban J connectivity index is 2.16. The summed E-state index contributed by atoms with van der Waals surface area (Å²) in [5.41, 5.74) is 0. The van der Waals surface area contributed by atoms with Crippen molar-refractivity contribution >= 4 is 39.1 Å². The van der Waals surface area contributed by atoms with Crippen molar-refractivity contribution in [1.82, 2.24) is 9.97 Å². The second kappa shape index (κ2) is 7.24. The van der Waals surface area contributed by atoms with Crippen LogP contribution in [0, 0.1) is 0 Å². The van der Waals surface area contributed by atoms with E-state index in [1.807, 2.05) is 19.2 Å². The van der Waals surface area contributed by atoms with Gasteiger partial charge in [0.2, 0.25) is 0 Å². The summed E-state index contributed by atoms with van der Waals surface area (Å²) in [5, 5.41) is 16.2. The lowest BCUT2D eigenvalue weighted by Crippen LogP contribution is -2.15. The zero-order valence-electron chi connectivity index (χ0n) is 12.1. The number of nitrogens with one attached hydrogen (secondary N) is 1. The Hall–Kier alpha value is -0.850. The number of hydrogen-bond acceptors (Lipinski definition) is 6. The molecule has 0 bridgehead atoms. The lowest BCUT2D eigenvalue weighted by molar-refractivity contribution is 0.196. The van der Waals surface area contributed by atoms with Crippen LogP contribution < -0.4 is 5.32 Å². The molecular formula is C14H21N3OS2. The predicted molar refractivity (Wildman–Crippen MR) is 88.6 cm³/mol. The molecular weight excluding hydrogens is 290 g/mol. The van der Waals surface area contributed by atoms with E-state index in [2.05, 4.69) is 28.3 Å². The molecule has 2 rings (SSSR count). The van der Waals surface area contributed by atoms with E-state index in [-0.39, 0.29) is 11.4 Å². The van der Waals surface area contributed by atoms with Crippen molar-refractivity contribution in [2.75, 3.05) is 11.9 Å². The van der Waals surface area contributed by atoms with Crippen molar-refractivity contribution in [3.63, 3.8) is 0 Å². The van der Waals surface area contributed by atoms with Crippen LogP contribution in [-0.2, 0) is 5.75 Å². The Kier molecular flexibility index (Phi) is 5.63. The minimum Gasteiger partial charge on any atom is -0.392 e. The molecule has 0 aliphatic rings. The molecule has 2 heterocycles. The Bertz CT molecular complexity index is 556. The number of aliphatic hydroxyl groups excluding tert-OH is 1. The number of aromatic nitrogens is 2. The van der Waals surface area contributed by atoms with Gasteiger partial charge in [0.25, 0.3) is 0 Å². The zero-order chi connectivity index (χ0) is 14.5. The topological polar surface area (TPSA) is 58.0 Å². The van der Waals surface area contributed by atoms with Crippen LogP contribution in [0.25, 0.3) is 10.2 Å². The standard InChI is InChI=1S/C14H21N3OS2/c1-4-6-15-13-11-5-7-19-14(11)17-12(16-13)8-20-10(3)9(2)18/h5,7,9-10,18H,4,6,8H2,1-3H3,(H,15,16,17). The van der Waals surface area contributed by atoms with Gasteiger partial charge >= 0.3 is 0 Å². The molecule has 2 atom stereocenters. The van der Waals surface area contributed by atoms with Gasteiger partial charge in [-0.25, -0.2) is 9.97 Å². The highest BCUT2D eigenvalue weighted by Crippen LogP contribution is 2.27. The first-order valence-corrected chi connectivity index (χ1v) is 8.82. The van der Waals surface area contributed by atoms with Gasteiger partial charge in [-0.3, -0.25) is 0 Å². The van der Waals surface area contributed by atoms with Crippen LogP contribution in [0.15, 0.2) is 11.4 Å². The summed E-state index contributed by atoms with van der Waals surface area (Å²) in [6, 6.07) is 2.06. The first kappa shape index (κ1) is 15.5. The summed E-state index contributed by atoms with van der Waals surface area (Å²) >= 11 is 3.32. The van der Waals surface area contributed by atoms with E-state index in [9.17, 15) is 5.11 Å². The van der Waals surface area contributed by atoms with Crippen molar-refractivity contribution in [2.24, 2.45) is 0 Å². The van der Waals surface area contributed by atoms with Gasteiger partial charge in [0.05, 0.1) is 17.2 Å². The second-order valence-electron chi connectivity index (χ2n) is 4.81. The number of hydrogen-bond donors (Lipinski definition) is 2. The molecule has 0 aliphatic carbocycles. The maximum Gasteiger partial charge on any atom is 0.142 e. The fourth-order valence-corrected chi connectivity index (χ4v) is 3.29. The highest BCUT2D eigenvalue weighted by molar-refractivity contribution is 7.99. The van der Waals surface area contributed by atoms with Gasteiger partial charge in [-0.1, -0.05) is 13.8 Å². The van der Waals surface area contributed by atoms with Crippen molar-refractivity contribution < 1.29 is 5.11 Å². The number of nitrogens with zero attached hydrogens (tertiary/aromatic N) is 2. The first-order chi connectivity index (χ1) is 9.61. The quantitative estimate of drug-likeness (QED) is 0.819. The first-order valence-electron chi connectivity index (χ1n) is 6.89. The normalized spacial score (nSPS) is 14.4. The average molecular weight is 311 g/mol. The number of fused-ring (bicyclic) bond motifs is 1. The van der Waals surface area contributed by atoms with E-state index in [1.165, 1.54) is 0 Å². The fraction of sp³-hybridized carbons (Fsp3) is 0.571. The van der Waals surface area contributed by atoms with Crippen LogP contribution in [0.2, 0.25) is 0 Å². The largest absolute Gasteiger partial charge is 0.392 e. The summed E-state index contributed by atoms with van der Waals surface area (Å²) < 4.78 is 0. The van der Waals surface area contributed by atoms with Crippen molar-refractivity contribution in [3.8, 4) is 0 Å². The molecule has 20 heavy (non-hydrogen) atoms. The number of rotatable bonds is 7. The van der Waals surface area contributed by atoms with Crippen LogP contribution in [0.3, 0.4) is 0 Å². The Morgan fingerprint density at radius 3 is 2.90 bits per heavy atom. The van der Waals surface area contributed by atoms with Gasteiger partial charge in [0, 0.05) is 11.8 Å². The monoisotopic (exact) mass is 311 g/mol. The number of thioether (sulfide) groups is 1. The summed E-state index contributed by atoms with van der Waals surface area (Å²) in [5.74, 6) is 2.48. The van der Waals surface area contributed by atoms with Gasteiger partial charge in [-0.2, -0.15) is 0 Å². The van der Waals surface area contributed by atoms with E-state index < -0.39 is 0 Å². The lowest BCUT2D eigenvalue weighted by atomic mass is 10.3. The van der Waals surface area contributed by atoms with Crippen LogP contribution in [-0.4, -0.2) is 33.0 Å². The van der Waals surface area contributed by atoms with E-state index in [1.54, 1.807) is 23.1 Å². The molecule has 2 unspecified atom stereocenters. The van der Waals surface area contributed by atoms with Crippen LogP contribution in [0.4, 0.5) is 5.82 Å². The lowest BCUT2D eigenvalue weighted by Gasteiger charge is -2.14. The average Bonchev–Trinajstić information content (AvgIpc) is 2.90. The van der Waals surface area contributed by atoms with Gasteiger partial charge in [0.15, 0.2) is 0 Å². The summed E-state index contributed by atoms with van der Waals surface area (Å²) in [7, 11) is 0. The Labute approximate surface area is 128 Å². The van der Waals surface area contributed by atoms with E-state index >= 15 is 0 Å². The summed E-state index contributed by atoms with van der Waals surface area (Å²) in [6.45, 7) is 6.89. The Morgan fingerprint density at radius 2 is 2.20 bits per heavy atom. The number of thiophene rings is 1. The molecule has 0 aromatic carbocycles. The molecule has 110 valence electrons. The number of anilines is 1. The molecule has 2 aromatic heterocycles. The molecule has 0 radical (unpaired) electrons. The third-order valence-electron chi connectivity index (χ3n) is 3.07. The van der Waals surface area contributed by atoms with Gasteiger partial charge < -0.3 is 10.4 Å². The number of aliphatic hydroxyl groups is 1. The predicted octanol–water partition coefficient (Wildman–Crippen LogP) is 3.52. The van der Waals surface area contributed by atoms with Gasteiger partial charge in [0.1, 0.15) is 16.5 Å². The van der Waals surface area contributed by atoms with Crippen LogP contribution >= 0.6 is 23.1 Å². The molecule has 0 saturated heterocycles. The molecule has 4 nitrogen and oxygen atoms in total. The van der Waals surface area contributed by atoms with E-state index in [0.29, 0.717) is 0 Å². The smallest absolute Gasteiger partial charge is 0.142 e. The molecule has 0 saturated carbocycles. The third kappa shape index (κ3) is 3.84. The van der Waals surface area contributed by atoms with Gasteiger partial charge in [-0.15, -0.1) is 23.1 Å².